The molecule has 2 atom stereocenters. The number of nitrogens with zero attached hydrogens (tertiary/aromatic N) is 1. The van der Waals surface area contributed by atoms with E-state index in [1.54, 1.807) is 0 Å². The van der Waals surface area contributed by atoms with Gasteiger partial charge < -0.3 is 16.0 Å². The predicted molar refractivity (Wildman–Crippen MR) is 69.4 cm³/mol. The summed E-state index contributed by atoms with van der Waals surface area (Å²) in [6.07, 6.45) is 2.87. The summed E-state index contributed by atoms with van der Waals surface area (Å²) < 4.78 is 0. The van der Waals surface area contributed by atoms with Gasteiger partial charge in [0.05, 0.1) is 4.99 Å². The number of amides is 2. The number of likely N-dealkylation sites (tertiary alicyclic amines) is 1. The van der Waals surface area contributed by atoms with Crippen LogP contribution in [0.1, 0.15) is 33.1 Å². The molecule has 16 heavy (non-hydrogen) atoms. The summed E-state index contributed by atoms with van der Waals surface area (Å²) in [5, 5.41) is 2.92. The first-order valence-corrected chi connectivity index (χ1v) is 6.23. The van der Waals surface area contributed by atoms with Crippen molar-refractivity contribution < 1.29 is 4.79 Å². The fraction of sp³-hybridized carbons (Fsp3) is 0.818. The number of nitrogens with one attached hydrogen (secondary N) is 1. The van der Waals surface area contributed by atoms with Gasteiger partial charge in [-0.1, -0.05) is 19.1 Å². The quantitative estimate of drug-likeness (QED) is 0.738. The molecule has 0 saturated carbocycles. The SMILES string of the molecule is CC1CCCN(C(=O)NC(C)CC(N)=S)C1. The van der Waals surface area contributed by atoms with Crippen LogP contribution in [0, 0.1) is 5.92 Å². The van der Waals surface area contributed by atoms with Gasteiger partial charge in [-0.3, -0.25) is 0 Å². The van der Waals surface area contributed by atoms with Gasteiger partial charge in [0.25, 0.3) is 0 Å². The Labute approximate surface area is 103 Å². The van der Waals surface area contributed by atoms with E-state index in [2.05, 4.69) is 12.2 Å². The van der Waals surface area contributed by atoms with Crippen LogP contribution in [0.15, 0.2) is 0 Å². The van der Waals surface area contributed by atoms with E-state index in [-0.39, 0.29) is 12.1 Å². The van der Waals surface area contributed by atoms with Crippen LogP contribution in [-0.2, 0) is 0 Å². The van der Waals surface area contributed by atoms with Crippen molar-refractivity contribution in [2.75, 3.05) is 13.1 Å². The molecule has 4 nitrogen and oxygen atoms in total. The lowest BCUT2D eigenvalue weighted by Crippen LogP contribution is -2.48. The molecule has 1 aliphatic heterocycles. The Hall–Kier alpha value is -0.840. The van der Waals surface area contributed by atoms with E-state index in [0.29, 0.717) is 17.3 Å². The second-order valence-corrected chi connectivity index (χ2v) is 5.24. The monoisotopic (exact) mass is 243 g/mol. The van der Waals surface area contributed by atoms with Gasteiger partial charge in [-0.05, 0) is 25.7 Å². The molecule has 5 heteroatoms. The molecule has 1 saturated heterocycles. The Balaban J connectivity index is 2.36. The maximum absolute atomic E-state index is 11.9. The maximum atomic E-state index is 11.9. The number of nitrogens with two attached hydrogens (primary N) is 1. The van der Waals surface area contributed by atoms with Gasteiger partial charge >= 0.3 is 6.03 Å². The molecule has 0 aromatic rings. The second-order valence-electron chi connectivity index (χ2n) is 4.71. The third-order valence-electron chi connectivity index (χ3n) is 2.82. The number of rotatable bonds is 3. The Bertz CT molecular complexity index is 270. The van der Waals surface area contributed by atoms with Crippen LogP contribution in [0.3, 0.4) is 0 Å². The number of urea groups is 1. The molecule has 0 aromatic carbocycles. The zero-order valence-electron chi connectivity index (χ0n) is 10.0. The molecular weight excluding hydrogens is 222 g/mol. The minimum atomic E-state index is 0.00954. The fourth-order valence-electron chi connectivity index (χ4n) is 2.03. The van der Waals surface area contributed by atoms with Crippen molar-refractivity contribution in [1.82, 2.24) is 10.2 Å². The van der Waals surface area contributed by atoms with Crippen molar-refractivity contribution >= 4 is 23.2 Å². The van der Waals surface area contributed by atoms with Gasteiger partial charge in [0.15, 0.2) is 0 Å². The average Bonchev–Trinajstić information content (AvgIpc) is 2.16. The fourth-order valence-corrected chi connectivity index (χ4v) is 2.28. The van der Waals surface area contributed by atoms with Crippen molar-refractivity contribution in [1.29, 1.82) is 0 Å². The minimum Gasteiger partial charge on any atom is -0.393 e. The van der Waals surface area contributed by atoms with Gasteiger partial charge in [-0.2, -0.15) is 0 Å². The Kier molecular flexibility index (Phi) is 4.99. The molecule has 0 radical (unpaired) electrons. The Morgan fingerprint density at radius 1 is 1.69 bits per heavy atom. The minimum absolute atomic E-state index is 0.00954. The lowest BCUT2D eigenvalue weighted by molar-refractivity contribution is 0.167. The first kappa shape index (κ1) is 13.2. The molecule has 1 rings (SSSR count). The van der Waals surface area contributed by atoms with Crippen molar-refractivity contribution in [3.05, 3.63) is 0 Å². The predicted octanol–water partition coefficient (Wildman–Crippen LogP) is 1.49. The van der Waals surface area contributed by atoms with Gasteiger partial charge in [0.1, 0.15) is 0 Å². The number of hydrogen-bond acceptors (Lipinski definition) is 2. The van der Waals surface area contributed by atoms with E-state index in [1.807, 2.05) is 11.8 Å². The molecule has 1 fully saturated rings. The molecule has 92 valence electrons. The smallest absolute Gasteiger partial charge is 0.317 e. The second kappa shape index (κ2) is 6.03. The topological polar surface area (TPSA) is 58.4 Å². The summed E-state index contributed by atoms with van der Waals surface area (Å²) in [5.74, 6) is 0.602. The first-order valence-electron chi connectivity index (χ1n) is 5.82. The zero-order valence-corrected chi connectivity index (χ0v) is 10.8. The lowest BCUT2D eigenvalue weighted by atomic mass is 10.0. The van der Waals surface area contributed by atoms with Crippen LogP contribution < -0.4 is 11.1 Å². The third-order valence-corrected chi connectivity index (χ3v) is 2.99. The van der Waals surface area contributed by atoms with Gasteiger partial charge in [-0.25, -0.2) is 4.79 Å². The highest BCUT2D eigenvalue weighted by atomic mass is 32.1. The normalized spacial score (nSPS) is 22.6. The standard InChI is InChI=1S/C11H21N3OS/c1-8-4-3-5-14(7-8)11(15)13-9(2)6-10(12)16/h8-9H,3-7H2,1-2H3,(H2,12,16)(H,13,15). The third kappa shape index (κ3) is 4.35. The number of carbonyl (C=O) groups excluding carboxylic acids is 1. The average molecular weight is 243 g/mol. The van der Waals surface area contributed by atoms with Crippen molar-refractivity contribution in [2.24, 2.45) is 11.7 Å². The molecule has 2 unspecified atom stereocenters. The Morgan fingerprint density at radius 3 is 2.94 bits per heavy atom. The highest BCUT2D eigenvalue weighted by Gasteiger charge is 2.21. The lowest BCUT2D eigenvalue weighted by Gasteiger charge is -2.31. The summed E-state index contributed by atoms with van der Waals surface area (Å²) in [5.41, 5.74) is 5.44. The van der Waals surface area contributed by atoms with Gasteiger partial charge in [0, 0.05) is 25.6 Å². The van der Waals surface area contributed by atoms with Crippen LogP contribution in [0.4, 0.5) is 4.79 Å². The molecular formula is C11H21N3OS. The van der Waals surface area contributed by atoms with Crippen molar-refractivity contribution in [2.45, 2.75) is 39.2 Å². The molecule has 0 spiro atoms. The number of hydrogen-bond donors (Lipinski definition) is 2. The van der Waals surface area contributed by atoms with E-state index in [1.165, 1.54) is 6.42 Å². The summed E-state index contributed by atoms with van der Waals surface area (Å²) in [6.45, 7) is 5.81. The van der Waals surface area contributed by atoms with Gasteiger partial charge in [-0.15, -0.1) is 0 Å². The molecule has 1 heterocycles. The summed E-state index contributed by atoms with van der Waals surface area (Å²) in [4.78, 5) is 14.2. The number of thiocarbonyl (C=S) groups is 1. The number of piperidine rings is 1. The highest BCUT2D eigenvalue weighted by Crippen LogP contribution is 2.15. The highest BCUT2D eigenvalue weighted by molar-refractivity contribution is 7.80. The molecule has 3 N–H and O–H groups in total. The van der Waals surface area contributed by atoms with Crippen molar-refractivity contribution in [3.8, 4) is 0 Å². The summed E-state index contributed by atoms with van der Waals surface area (Å²) in [7, 11) is 0. The van der Waals surface area contributed by atoms with E-state index in [4.69, 9.17) is 18.0 Å². The van der Waals surface area contributed by atoms with Crippen LogP contribution in [0.25, 0.3) is 0 Å². The van der Waals surface area contributed by atoms with Crippen LogP contribution in [-0.4, -0.2) is 35.1 Å². The van der Waals surface area contributed by atoms with Crippen LogP contribution >= 0.6 is 12.2 Å². The molecule has 2 amide bonds. The first-order chi connectivity index (χ1) is 7.49. The maximum Gasteiger partial charge on any atom is 0.317 e. The van der Waals surface area contributed by atoms with Crippen LogP contribution in [0.5, 0.6) is 0 Å². The van der Waals surface area contributed by atoms with E-state index >= 15 is 0 Å². The Morgan fingerprint density at radius 2 is 2.38 bits per heavy atom. The summed E-state index contributed by atoms with van der Waals surface area (Å²) in [6, 6.07) is 0.0255. The molecule has 0 bridgehead atoms. The van der Waals surface area contributed by atoms with Crippen LogP contribution in [0.2, 0.25) is 0 Å². The molecule has 0 aliphatic carbocycles. The van der Waals surface area contributed by atoms with E-state index in [0.717, 1.165) is 19.5 Å². The number of carbonyl (C=O) groups is 1. The summed E-state index contributed by atoms with van der Waals surface area (Å²) >= 11 is 4.81. The van der Waals surface area contributed by atoms with E-state index < -0.39 is 0 Å². The molecule has 0 aromatic heterocycles. The largest absolute Gasteiger partial charge is 0.393 e. The van der Waals surface area contributed by atoms with Gasteiger partial charge in [0.2, 0.25) is 0 Å². The zero-order chi connectivity index (χ0) is 12.1. The van der Waals surface area contributed by atoms with E-state index in [9.17, 15) is 4.79 Å². The van der Waals surface area contributed by atoms with Crippen molar-refractivity contribution in [3.63, 3.8) is 0 Å². The molecule has 1 aliphatic rings.